The summed E-state index contributed by atoms with van der Waals surface area (Å²) in [4.78, 5) is 27.6. The molecule has 26 heavy (non-hydrogen) atoms. The van der Waals surface area contributed by atoms with Crippen LogP contribution in [0.1, 0.15) is 55.6 Å². The molecule has 1 aliphatic carbocycles. The summed E-state index contributed by atoms with van der Waals surface area (Å²) in [7, 11) is 0. The van der Waals surface area contributed by atoms with Crippen LogP contribution in [0, 0.1) is 5.92 Å². The fourth-order valence-corrected chi connectivity index (χ4v) is 2.44. The molecule has 1 fully saturated rings. The van der Waals surface area contributed by atoms with Crippen molar-refractivity contribution in [3.63, 3.8) is 0 Å². The number of nitrogens with one attached hydrogen (secondary N) is 1. The number of aliphatic carboxylic acids is 1. The molecular weight excluding hydrogens is 353 g/mol. The second-order valence-electron chi connectivity index (χ2n) is 6.35. The number of aromatic nitrogens is 1. The monoisotopic (exact) mass is 374 g/mol. The molecule has 0 bridgehead atoms. The zero-order chi connectivity index (χ0) is 19.5. The van der Waals surface area contributed by atoms with Crippen molar-refractivity contribution in [3.05, 3.63) is 23.4 Å². The minimum Gasteiger partial charge on any atom is -0.480 e. The van der Waals surface area contributed by atoms with E-state index >= 15 is 0 Å². The maximum Gasteiger partial charge on any atom is 0.421 e. The van der Waals surface area contributed by atoms with Gasteiger partial charge in [0, 0.05) is 0 Å². The topological polar surface area (TPSA) is 88.5 Å². The van der Waals surface area contributed by atoms with Crippen molar-refractivity contribution in [2.75, 3.05) is 6.61 Å². The van der Waals surface area contributed by atoms with E-state index in [1.807, 2.05) is 0 Å². The number of hydrogen-bond donors (Lipinski definition) is 2. The molecule has 144 valence electrons. The highest BCUT2D eigenvalue weighted by Crippen LogP contribution is 2.37. The number of carboxylic acid groups (broad SMARTS) is 1. The number of pyridine rings is 1. The van der Waals surface area contributed by atoms with Gasteiger partial charge in [-0.05, 0) is 43.7 Å². The largest absolute Gasteiger partial charge is 0.480 e. The van der Waals surface area contributed by atoms with Gasteiger partial charge in [0.05, 0.1) is 6.61 Å². The normalized spacial score (nSPS) is 14.8. The molecule has 2 N–H and O–H groups in total. The lowest BCUT2D eigenvalue weighted by Gasteiger charge is -2.27. The van der Waals surface area contributed by atoms with Crippen LogP contribution in [0.4, 0.5) is 13.2 Å². The molecule has 0 aliphatic heterocycles. The second-order valence-corrected chi connectivity index (χ2v) is 6.35. The number of rotatable bonds is 8. The van der Waals surface area contributed by atoms with Gasteiger partial charge >= 0.3 is 12.1 Å². The summed E-state index contributed by atoms with van der Waals surface area (Å²) in [6.45, 7) is 3.30. The first-order valence-corrected chi connectivity index (χ1v) is 8.40. The van der Waals surface area contributed by atoms with Gasteiger partial charge in [-0.1, -0.05) is 13.8 Å². The van der Waals surface area contributed by atoms with E-state index in [-0.39, 0.29) is 31.1 Å². The van der Waals surface area contributed by atoms with Gasteiger partial charge in [0.15, 0.2) is 0 Å². The number of ether oxygens (including phenoxy) is 1. The van der Waals surface area contributed by atoms with Gasteiger partial charge in [-0.3, -0.25) is 4.79 Å². The Hall–Kier alpha value is -2.32. The highest BCUT2D eigenvalue weighted by atomic mass is 19.4. The van der Waals surface area contributed by atoms with Gasteiger partial charge in [-0.2, -0.15) is 13.2 Å². The minimum atomic E-state index is -4.67. The Morgan fingerprint density at radius 1 is 1.27 bits per heavy atom. The number of nitrogens with zero attached hydrogens (tertiary/aromatic N) is 1. The Morgan fingerprint density at radius 2 is 1.88 bits per heavy atom. The first-order chi connectivity index (χ1) is 12.1. The van der Waals surface area contributed by atoms with Crippen LogP contribution in [0.3, 0.4) is 0 Å². The molecule has 0 saturated heterocycles. The molecule has 0 atom stereocenters. The molecule has 1 aromatic heterocycles. The summed E-state index contributed by atoms with van der Waals surface area (Å²) in [6, 6.07) is 1.64. The predicted molar refractivity (Wildman–Crippen MR) is 85.9 cm³/mol. The molecule has 0 unspecified atom stereocenters. The Labute approximate surface area is 148 Å². The average molecular weight is 374 g/mol. The van der Waals surface area contributed by atoms with E-state index in [1.54, 1.807) is 13.8 Å². The number of alkyl halides is 3. The fraction of sp³-hybridized carbons (Fsp3) is 0.588. The molecule has 1 aromatic rings. The Morgan fingerprint density at radius 3 is 2.35 bits per heavy atom. The summed E-state index contributed by atoms with van der Waals surface area (Å²) in [5, 5.41) is 11.7. The molecule has 6 nitrogen and oxygen atoms in total. The average Bonchev–Trinajstić information content (AvgIpc) is 3.40. The molecule has 0 spiro atoms. The first-order valence-electron chi connectivity index (χ1n) is 8.40. The highest BCUT2D eigenvalue weighted by Gasteiger charge is 2.39. The number of hydrogen-bond acceptors (Lipinski definition) is 4. The standard InChI is InChI=1S/C17H21F3N2O4/c1-3-16(4-2,15(24)25)22-13(23)12-8-7-11(17(18,19)20)14(21-12)26-9-10-5-6-10/h7-8,10H,3-6,9H2,1-2H3,(H,22,23)(H,24,25). The smallest absolute Gasteiger partial charge is 0.421 e. The van der Waals surface area contributed by atoms with Crippen molar-refractivity contribution in [1.29, 1.82) is 0 Å². The number of amides is 1. The van der Waals surface area contributed by atoms with Gasteiger partial charge in [-0.15, -0.1) is 0 Å². The Kier molecular flexibility index (Phi) is 5.77. The zero-order valence-corrected chi connectivity index (χ0v) is 14.5. The van der Waals surface area contributed by atoms with Crippen LogP contribution in [0.2, 0.25) is 0 Å². The van der Waals surface area contributed by atoms with Gasteiger partial charge in [0.25, 0.3) is 5.91 Å². The van der Waals surface area contributed by atoms with Crippen molar-refractivity contribution in [2.45, 2.75) is 51.2 Å². The van der Waals surface area contributed by atoms with E-state index in [4.69, 9.17) is 4.74 Å². The van der Waals surface area contributed by atoms with Gasteiger partial charge in [-0.25, -0.2) is 9.78 Å². The van der Waals surface area contributed by atoms with Crippen LogP contribution in [0.5, 0.6) is 5.88 Å². The van der Waals surface area contributed by atoms with Crippen molar-refractivity contribution in [1.82, 2.24) is 10.3 Å². The number of carbonyl (C=O) groups is 2. The predicted octanol–water partition coefficient (Wildman–Crippen LogP) is 3.26. The maximum absolute atomic E-state index is 13.1. The minimum absolute atomic E-state index is 0.101. The summed E-state index contributed by atoms with van der Waals surface area (Å²) in [5.41, 5.74) is -2.89. The summed E-state index contributed by atoms with van der Waals surface area (Å²) >= 11 is 0. The van der Waals surface area contributed by atoms with E-state index in [0.29, 0.717) is 0 Å². The molecular formula is C17H21F3N2O4. The van der Waals surface area contributed by atoms with Gasteiger partial charge < -0.3 is 15.2 Å². The first kappa shape index (κ1) is 20.0. The third-order valence-corrected chi connectivity index (χ3v) is 4.52. The SMILES string of the molecule is CCC(CC)(NC(=O)c1ccc(C(F)(F)F)c(OCC2CC2)n1)C(=O)O. The van der Waals surface area contributed by atoms with Crippen LogP contribution >= 0.6 is 0 Å². The van der Waals surface area contributed by atoms with Crippen molar-refractivity contribution >= 4 is 11.9 Å². The summed E-state index contributed by atoms with van der Waals surface area (Å²) in [5.74, 6) is -2.53. The van der Waals surface area contributed by atoms with Crippen LogP contribution in [0.15, 0.2) is 12.1 Å². The molecule has 0 aromatic carbocycles. The highest BCUT2D eigenvalue weighted by molar-refractivity contribution is 5.96. The molecule has 1 saturated carbocycles. The van der Waals surface area contributed by atoms with E-state index < -0.39 is 35.0 Å². The molecule has 2 rings (SSSR count). The van der Waals surface area contributed by atoms with E-state index in [2.05, 4.69) is 10.3 Å². The molecule has 1 amide bonds. The van der Waals surface area contributed by atoms with E-state index in [1.165, 1.54) is 0 Å². The Bertz CT molecular complexity index is 683. The Balaban J connectivity index is 2.28. The van der Waals surface area contributed by atoms with Crippen LogP contribution in [-0.2, 0) is 11.0 Å². The lowest BCUT2D eigenvalue weighted by Crippen LogP contribution is -2.53. The third-order valence-electron chi connectivity index (χ3n) is 4.52. The van der Waals surface area contributed by atoms with E-state index in [0.717, 1.165) is 25.0 Å². The molecule has 0 radical (unpaired) electrons. The second kappa shape index (κ2) is 7.51. The summed E-state index contributed by atoms with van der Waals surface area (Å²) < 4.78 is 44.5. The quantitative estimate of drug-likeness (QED) is 0.729. The van der Waals surface area contributed by atoms with Crippen molar-refractivity contribution in [3.8, 4) is 5.88 Å². The van der Waals surface area contributed by atoms with Gasteiger partial charge in [0.1, 0.15) is 16.8 Å². The third kappa shape index (κ3) is 4.44. The van der Waals surface area contributed by atoms with E-state index in [9.17, 15) is 27.9 Å². The lowest BCUT2D eigenvalue weighted by atomic mass is 9.92. The van der Waals surface area contributed by atoms with Crippen LogP contribution in [-0.4, -0.2) is 34.1 Å². The van der Waals surface area contributed by atoms with Crippen molar-refractivity contribution in [2.24, 2.45) is 5.92 Å². The number of carbonyl (C=O) groups excluding carboxylic acids is 1. The van der Waals surface area contributed by atoms with Crippen LogP contribution < -0.4 is 10.1 Å². The number of carboxylic acids is 1. The lowest BCUT2D eigenvalue weighted by molar-refractivity contribution is -0.144. The maximum atomic E-state index is 13.1. The molecule has 1 heterocycles. The summed E-state index contributed by atoms with van der Waals surface area (Å²) in [6.07, 6.45) is -2.66. The zero-order valence-electron chi connectivity index (χ0n) is 14.5. The van der Waals surface area contributed by atoms with Gasteiger partial charge in [0.2, 0.25) is 5.88 Å². The van der Waals surface area contributed by atoms with Crippen LogP contribution in [0.25, 0.3) is 0 Å². The fourth-order valence-electron chi connectivity index (χ4n) is 2.44. The molecule has 1 aliphatic rings. The molecule has 9 heteroatoms. The number of halogens is 3. The van der Waals surface area contributed by atoms with Crippen molar-refractivity contribution < 1.29 is 32.6 Å².